The number of anilines is 2. The maximum absolute atomic E-state index is 12.5. The molecule has 0 N–H and O–H groups in total. The summed E-state index contributed by atoms with van der Waals surface area (Å²) in [6.07, 6.45) is 6.74. The Morgan fingerprint density at radius 2 is 1.38 bits per heavy atom. The molecule has 1 fully saturated rings. The molecule has 0 saturated heterocycles. The summed E-state index contributed by atoms with van der Waals surface area (Å²) >= 11 is 0. The SMILES string of the molecule is CC(C)N(c1ccccc1)c1ccc(CCC2CCC(CS(=O)(=O)C(C)(C)C)CC2)cc1. The Morgan fingerprint density at radius 1 is 0.844 bits per heavy atom. The first-order chi connectivity index (χ1) is 15.1. The monoisotopic (exact) mass is 455 g/mol. The number of benzene rings is 2. The van der Waals surface area contributed by atoms with Gasteiger partial charge in [0.1, 0.15) is 0 Å². The summed E-state index contributed by atoms with van der Waals surface area (Å²) in [5, 5.41) is 0. The lowest BCUT2D eigenvalue weighted by Crippen LogP contribution is -2.34. The second-order valence-corrected chi connectivity index (χ2v) is 13.6. The molecule has 3 rings (SSSR count). The van der Waals surface area contributed by atoms with Crippen LogP contribution in [0.25, 0.3) is 0 Å². The van der Waals surface area contributed by atoms with E-state index in [1.807, 2.05) is 20.8 Å². The second-order valence-electron chi connectivity index (χ2n) is 10.8. The van der Waals surface area contributed by atoms with Gasteiger partial charge in [0.05, 0.1) is 10.5 Å². The summed E-state index contributed by atoms with van der Waals surface area (Å²) in [5.41, 5.74) is 3.85. The first kappa shape index (κ1) is 24.8. The van der Waals surface area contributed by atoms with Crippen LogP contribution in [0.3, 0.4) is 0 Å². The standard InChI is InChI=1S/C28H41NO2S/c1-22(2)29(26-9-7-6-8-10-26)27-19-17-24(18-20-27)12-11-23-13-15-25(16-14-23)21-32(30,31)28(3,4)5/h6-10,17-20,22-23,25H,11-16,21H2,1-5H3. The summed E-state index contributed by atoms with van der Waals surface area (Å²) in [6.45, 7) is 9.91. The molecule has 0 bridgehead atoms. The summed E-state index contributed by atoms with van der Waals surface area (Å²) in [7, 11) is -3.01. The maximum Gasteiger partial charge on any atom is 0.155 e. The van der Waals surface area contributed by atoms with Crippen molar-refractivity contribution in [2.24, 2.45) is 11.8 Å². The number of hydrogen-bond acceptors (Lipinski definition) is 3. The third kappa shape index (κ3) is 6.37. The number of sulfone groups is 1. The molecule has 0 spiro atoms. The lowest BCUT2D eigenvalue weighted by Gasteiger charge is -2.31. The Hall–Kier alpha value is -1.81. The molecule has 0 atom stereocenters. The van der Waals surface area contributed by atoms with Crippen LogP contribution >= 0.6 is 0 Å². The van der Waals surface area contributed by atoms with Gasteiger partial charge in [-0.15, -0.1) is 0 Å². The minimum Gasteiger partial charge on any atom is -0.339 e. The molecular weight excluding hydrogens is 414 g/mol. The van der Waals surface area contributed by atoms with Crippen molar-refractivity contribution in [2.45, 2.75) is 83.9 Å². The average Bonchev–Trinajstić information content (AvgIpc) is 2.74. The van der Waals surface area contributed by atoms with Gasteiger partial charge >= 0.3 is 0 Å². The molecule has 0 heterocycles. The van der Waals surface area contributed by atoms with E-state index in [2.05, 4.69) is 73.3 Å². The first-order valence-corrected chi connectivity index (χ1v) is 13.9. The lowest BCUT2D eigenvalue weighted by molar-refractivity contribution is 0.278. The number of rotatable bonds is 8. The molecule has 3 nitrogen and oxygen atoms in total. The van der Waals surface area contributed by atoms with E-state index < -0.39 is 14.6 Å². The average molecular weight is 456 g/mol. The Bertz CT molecular complexity index is 935. The van der Waals surface area contributed by atoms with Crippen LogP contribution < -0.4 is 4.90 Å². The second kappa shape index (κ2) is 10.4. The highest BCUT2D eigenvalue weighted by Gasteiger charge is 2.33. The molecule has 0 radical (unpaired) electrons. The number of hydrogen-bond donors (Lipinski definition) is 0. The lowest BCUT2D eigenvalue weighted by atomic mass is 9.80. The van der Waals surface area contributed by atoms with Crippen molar-refractivity contribution in [2.75, 3.05) is 10.7 Å². The van der Waals surface area contributed by atoms with Crippen LogP contribution in [-0.2, 0) is 16.3 Å². The quantitative estimate of drug-likeness (QED) is 0.423. The minimum atomic E-state index is -3.01. The Kier molecular flexibility index (Phi) is 8.08. The van der Waals surface area contributed by atoms with E-state index in [0.29, 0.717) is 17.7 Å². The predicted octanol–water partition coefficient (Wildman–Crippen LogP) is 7.19. The van der Waals surface area contributed by atoms with Gasteiger partial charge in [0.2, 0.25) is 0 Å². The molecule has 4 heteroatoms. The first-order valence-electron chi connectivity index (χ1n) is 12.2. The van der Waals surface area contributed by atoms with Gasteiger partial charge in [-0.2, -0.15) is 0 Å². The molecule has 0 aliphatic heterocycles. The zero-order chi connectivity index (χ0) is 23.4. The number of nitrogens with zero attached hydrogens (tertiary/aromatic N) is 1. The van der Waals surface area contributed by atoms with E-state index >= 15 is 0 Å². The maximum atomic E-state index is 12.5. The molecular formula is C28H41NO2S. The number of para-hydroxylation sites is 1. The summed E-state index contributed by atoms with van der Waals surface area (Å²) in [6, 6.07) is 20.0. The molecule has 0 aromatic heterocycles. The van der Waals surface area contributed by atoms with Gasteiger partial charge in [0.25, 0.3) is 0 Å². The highest BCUT2D eigenvalue weighted by molar-refractivity contribution is 7.92. The van der Waals surface area contributed by atoms with Crippen LogP contribution in [0.5, 0.6) is 0 Å². The summed E-state index contributed by atoms with van der Waals surface area (Å²) in [4.78, 5) is 2.37. The van der Waals surface area contributed by atoms with E-state index in [0.717, 1.165) is 38.0 Å². The largest absolute Gasteiger partial charge is 0.339 e. The van der Waals surface area contributed by atoms with Crippen molar-refractivity contribution in [1.29, 1.82) is 0 Å². The molecule has 2 aromatic carbocycles. The summed E-state index contributed by atoms with van der Waals surface area (Å²) in [5.74, 6) is 1.42. The Labute approximate surface area is 196 Å². The van der Waals surface area contributed by atoms with E-state index in [1.165, 1.54) is 23.4 Å². The molecule has 1 aliphatic rings. The fourth-order valence-electron chi connectivity index (χ4n) is 4.78. The normalized spacial score (nSPS) is 19.8. The topological polar surface area (TPSA) is 37.4 Å². The molecule has 0 unspecified atom stereocenters. The van der Waals surface area contributed by atoms with Gasteiger partial charge < -0.3 is 4.90 Å². The van der Waals surface area contributed by atoms with Crippen molar-refractivity contribution in [3.05, 3.63) is 60.2 Å². The zero-order valence-corrected chi connectivity index (χ0v) is 21.4. The van der Waals surface area contributed by atoms with Gasteiger partial charge in [0, 0.05) is 17.4 Å². The highest BCUT2D eigenvalue weighted by Crippen LogP contribution is 2.34. The van der Waals surface area contributed by atoms with Crippen LogP contribution in [0.15, 0.2) is 54.6 Å². The third-order valence-corrected chi connectivity index (χ3v) is 9.74. The summed E-state index contributed by atoms with van der Waals surface area (Å²) < 4.78 is 24.4. The third-order valence-electron chi connectivity index (χ3n) is 6.96. The van der Waals surface area contributed by atoms with Crippen molar-refractivity contribution in [3.8, 4) is 0 Å². The molecule has 176 valence electrons. The number of aryl methyl sites for hydroxylation is 1. The Morgan fingerprint density at radius 3 is 1.91 bits per heavy atom. The van der Waals surface area contributed by atoms with Crippen LogP contribution in [0, 0.1) is 11.8 Å². The van der Waals surface area contributed by atoms with Crippen LogP contribution in [0.1, 0.15) is 72.3 Å². The highest BCUT2D eigenvalue weighted by atomic mass is 32.2. The smallest absolute Gasteiger partial charge is 0.155 e. The molecule has 1 saturated carbocycles. The van der Waals surface area contributed by atoms with Gasteiger partial charge in [-0.1, -0.05) is 43.2 Å². The Balaban J connectivity index is 1.51. The minimum absolute atomic E-state index is 0.342. The van der Waals surface area contributed by atoms with Crippen molar-refractivity contribution in [1.82, 2.24) is 0 Å². The van der Waals surface area contributed by atoms with Crippen LogP contribution in [-0.4, -0.2) is 25.0 Å². The van der Waals surface area contributed by atoms with Gasteiger partial charge in [-0.25, -0.2) is 8.42 Å². The molecule has 2 aromatic rings. The van der Waals surface area contributed by atoms with E-state index in [4.69, 9.17) is 0 Å². The van der Waals surface area contributed by atoms with E-state index in [1.54, 1.807) is 0 Å². The molecule has 1 aliphatic carbocycles. The zero-order valence-electron chi connectivity index (χ0n) is 20.5. The van der Waals surface area contributed by atoms with Crippen molar-refractivity contribution in [3.63, 3.8) is 0 Å². The van der Waals surface area contributed by atoms with Crippen molar-refractivity contribution < 1.29 is 8.42 Å². The van der Waals surface area contributed by atoms with Gasteiger partial charge in [-0.3, -0.25) is 0 Å². The predicted molar refractivity (Wildman–Crippen MR) is 137 cm³/mol. The molecule has 32 heavy (non-hydrogen) atoms. The fourth-order valence-corrected chi connectivity index (χ4v) is 6.23. The van der Waals surface area contributed by atoms with Gasteiger partial charge in [-0.05, 0) is 102 Å². The van der Waals surface area contributed by atoms with Crippen LogP contribution in [0.2, 0.25) is 0 Å². The van der Waals surface area contributed by atoms with Crippen LogP contribution in [0.4, 0.5) is 11.4 Å². The molecule has 0 amide bonds. The van der Waals surface area contributed by atoms with Crippen molar-refractivity contribution >= 4 is 21.2 Å². The fraction of sp³-hybridized carbons (Fsp3) is 0.571. The van der Waals surface area contributed by atoms with E-state index in [9.17, 15) is 8.42 Å². The van der Waals surface area contributed by atoms with E-state index in [-0.39, 0.29) is 0 Å². The van der Waals surface area contributed by atoms with Gasteiger partial charge in [0.15, 0.2) is 9.84 Å².